The first-order valence-corrected chi connectivity index (χ1v) is 14.8. The SMILES string of the molecule is Cc1cc(Nc2ncc3c(C)c(-c4ccc(Cl)cc4)c(=O)n(C4CCCCC4)c3n2)ccc1N1CCN(C)CC1. The molecule has 0 radical (unpaired) electrons. The third kappa shape index (κ3) is 5.20. The van der Waals surface area contributed by atoms with Crippen LogP contribution in [0.4, 0.5) is 17.3 Å². The van der Waals surface area contributed by atoms with E-state index in [1.54, 1.807) is 0 Å². The lowest BCUT2D eigenvalue weighted by atomic mass is 9.93. The first-order valence-electron chi connectivity index (χ1n) is 14.4. The average molecular weight is 557 g/mol. The van der Waals surface area contributed by atoms with Crippen molar-refractivity contribution in [2.45, 2.75) is 52.0 Å². The van der Waals surface area contributed by atoms with Gasteiger partial charge in [-0.2, -0.15) is 4.98 Å². The molecule has 2 fully saturated rings. The van der Waals surface area contributed by atoms with E-state index < -0.39 is 0 Å². The molecule has 1 N–H and O–H groups in total. The molecule has 6 rings (SSSR count). The first-order chi connectivity index (χ1) is 19.4. The molecule has 40 heavy (non-hydrogen) atoms. The molecule has 208 valence electrons. The summed E-state index contributed by atoms with van der Waals surface area (Å²) in [4.78, 5) is 28.6. The van der Waals surface area contributed by atoms with Crippen molar-refractivity contribution in [1.82, 2.24) is 19.4 Å². The van der Waals surface area contributed by atoms with Crippen LogP contribution >= 0.6 is 11.6 Å². The predicted octanol–water partition coefficient (Wildman–Crippen LogP) is 6.73. The highest BCUT2D eigenvalue weighted by molar-refractivity contribution is 6.30. The lowest BCUT2D eigenvalue weighted by molar-refractivity contribution is 0.312. The molecule has 0 unspecified atom stereocenters. The van der Waals surface area contributed by atoms with Gasteiger partial charge in [-0.1, -0.05) is 43.0 Å². The molecule has 7 nitrogen and oxygen atoms in total. The van der Waals surface area contributed by atoms with Gasteiger partial charge in [0.2, 0.25) is 5.95 Å². The number of hydrogen-bond acceptors (Lipinski definition) is 6. The van der Waals surface area contributed by atoms with E-state index in [1.807, 2.05) is 42.0 Å². The average Bonchev–Trinajstić information content (AvgIpc) is 2.95. The summed E-state index contributed by atoms with van der Waals surface area (Å²) in [5, 5.41) is 4.97. The Hall–Kier alpha value is -3.42. The van der Waals surface area contributed by atoms with Crippen molar-refractivity contribution in [3.63, 3.8) is 0 Å². The fourth-order valence-electron chi connectivity index (χ4n) is 6.29. The Balaban J connectivity index is 1.39. The van der Waals surface area contributed by atoms with E-state index >= 15 is 0 Å². The predicted molar refractivity (Wildman–Crippen MR) is 165 cm³/mol. The van der Waals surface area contributed by atoms with Crippen molar-refractivity contribution < 1.29 is 0 Å². The fraction of sp³-hybridized carbons (Fsp3) is 0.406. The van der Waals surface area contributed by atoms with Crippen LogP contribution in [0.3, 0.4) is 0 Å². The summed E-state index contributed by atoms with van der Waals surface area (Å²) < 4.78 is 1.94. The van der Waals surface area contributed by atoms with Gasteiger partial charge in [0.15, 0.2) is 0 Å². The minimum Gasteiger partial charge on any atom is -0.369 e. The zero-order chi connectivity index (χ0) is 27.8. The molecule has 1 saturated heterocycles. The molecule has 0 amide bonds. The van der Waals surface area contributed by atoms with Gasteiger partial charge in [-0.3, -0.25) is 9.36 Å². The van der Waals surface area contributed by atoms with Crippen LogP contribution in [0.5, 0.6) is 0 Å². The van der Waals surface area contributed by atoms with Gasteiger partial charge in [0.1, 0.15) is 5.65 Å². The summed E-state index contributed by atoms with van der Waals surface area (Å²) in [5.41, 5.74) is 6.62. The summed E-state index contributed by atoms with van der Waals surface area (Å²) in [7, 11) is 2.18. The van der Waals surface area contributed by atoms with Crippen molar-refractivity contribution in [3.05, 3.63) is 75.2 Å². The highest BCUT2D eigenvalue weighted by Crippen LogP contribution is 2.34. The van der Waals surface area contributed by atoms with Gasteiger partial charge >= 0.3 is 0 Å². The number of nitrogens with one attached hydrogen (secondary N) is 1. The van der Waals surface area contributed by atoms with Crippen molar-refractivity contribution in [1.29, 1.82) is 0 Å². The normalized spacial score (nSPS) is 16.9. The number of anilines is 3. The zero-order valence-electron chi connectivity index (χ0n) is 23.6. The number of benzene rings is 2. The Kier molecular flexibility index (Phi) is 7.51. The molecule has 8 heteroatoms. The van der Waals surface area contributed by atoms with Crippen molar-refractivity contribution >= 4 is 40.0 Å². The van der Waals surface area contributed by atoms with Crippen LogP contribution in [-0.4, -0.2) is 52.7 Å². The lowest BCUT2D eigenvalue weighted by Gasteiger charge is -2.35. The zero-order valence-corrected chi connectivity index (χ0v) is 24.3. The van der Waals surface area contributed by atoms with Crippen LogP contribution in [0.15, 0.2) is 53.5 Å². The van der Waals surface area contributed by atoms with Crippen LogP contribution in [0.2, 0.25) is 5.02 Å². The first kappa shape index (κ1) is 26.8. The molecule has 0 spiro atoms. The van der Waals surface area contributed by atoms with Gasteiger partial charge in [-0.05, 0) is 80.8 Å². The third-order valence-corrected chi connectivity index (χ3v) is 8.83. The molecule has 1 aliphatic heterocycles. The van der Waals surface area contributed by atoms with Crippen molar-refractivity contribution in [2.24, 2.45) is 0 Å². The third-order valence-electron chi connectivity index (χ3n) is 8.58. The lowest BCUT2D eigenvalue weighted by Crippen LogP contribution is -2.44. The van der Waals surface area contributed by atoms with Crippen LogP contribution in [-0.2, 0) is 0 Å². The van der Waals surface area contributed by atoms with Crippen LogP contribution in [0.1, 0.15) is 49.3 Å². The van der Waals surface area contributed by atoms with Gasteiger partial charge in [-0.15, -0.1) is 0 Å². The van der Waals surface area contributed by atoms with E-state index in [2.05, 4.69) is 47.3 Å². The van der Waals surface area contributed by atoms with Crippen molar-refractivity contribution in [3.8, 4) is 11.1 Å². The van der Waals surface area contributed by atoms with Crippen LogP contribution in [0, 0.1) is 13.8 Å². The number of fused-ring (bicyclic) bond motifs is 1. The largest absolute Gasteiger partial charge is 0.369 e. The van der Waals surface area contributed by atoms with Crippen molar-refractivity contribution in [2.75, 3.05) is 43.4 Å². The van der Waals surface area contributed by atoms with Gasteiger partial charge in [0, 0.05) is 60.2 Å². The van der Waals surface area contributed by atoms with E-state index in [-0.39, 0.29) is 11.6 Å². The number of halogens is 1. The maximum atomic E-state index is 14.2. The molecular weight excluding hydrogens is 520 g/mol. The molecule has 2 aromatic heterocycles. The summed E-state index contributed by atoms with van der Waals surface area (Å²) in [6, 6.07) is 14.1. The minimum atomic E-state index is 0.0104. The Bertz CT molecular complexity index is 1580. The Morgan fingerprint density at radius 3 is 2.38 bits per heavy atom. The molecule has 2 aromatic carbocycles. The number of hydrogen-bond donors (Lipinski definition) is 1. The van der Waals surface area contributed by atoms with E-state index in [0.717, 1.165) is 74.1 Å². The smallest absolute Gasteiger partial charge is 0.260 e. The standard InChI is InChI=1S/C32H37ClN6O/c1-21-19-25(13-14-28(21)38-17-15-37(3)16-18-38)35-32-34-20-27-22(2)29(23-9-11-24(33)12-10-23)31(40)39(30(27)36-32)26-7-5-4-6-8-26/h9-14,19-20,26H,4-8,15-18H2,1-3H3,(H,34,35,36). The second-order valence-electron chi connectivity index (χ2n) is 11.3. The topological polar surface area (TPSA) is 66.3 Å². The fourth-order valence-corrected chi connectivity index (χ4v) is 6.42. The molecule has 0 atom stereocenters. The van der Waals surface area contributed by atoms with Gasteiger partial charge in [0.05, 0.1) is 5.56 Å². The Labute approximate surface area is 240 Å². The Morgan fingerprint density at radius 1 is 0.950 bits per heavy atom. The molecule has 1 saturated carbocycles. The summed E-state index contributed by atoms with van der Waals surface area (Å²) in [5.74, 6) is 0.502. The number of pyridine rings is 1. The molecule has 2 aliphatic rings. The van der Waals surface area contributed by atoms with Crippen LogP contribution < -0.4 is 15.8 Å². The molecular formula is C32H37ClN6O. The second-order valence-corrected chi connectivity index (χ2v) is 11.8. The number of aryl methyl sites for hydroxylation is 2. The van der Waals surface area contributed by atoms with Gasteiger partial charge in [0.25, 0.3) is 5.56 Å². The summed E-state index contributed by atoms with van der Waals surface area (Å²) in [6.07, 6.45) is 7.29. The number of aromatic nitrogens is 3. The second kappa shape index (κ2) is 11.2. The van der Waals surface area contributed by atoms with E-state index in [0.29, 0.717) is 22.2 Å². The summed E-state index contributed by atoms with van der Waals surface area (Å²) in [6.45, 7) is 8.37. The molecule has 3 heterocycles. The van der Waals surface area contributed by atoms with E-state index in [4.69, 9.17) is 21.6 Å². The van der Waals surface area contributed by atoms with E-state index in [1.165, 1.54) is 17.7 Å². The highest BCUT2D eigenvalue weighted by atomic mass is 35.5. The minimum absolute atomic E-state index is 0.0104. The highest BCUT2D eigenvalue weighted by Gasteiger charge is 2.24. The van der Waals surface area contributed by atoms with E-state index in [9.17, 15) is 4.79 Å². The summed E-state index contributed by atoms with van der Waals surface area (Å²) >= 11 is 6.16. The van der Waals surface area contributed by atoms with Gasteiger partial charge in [-0.25, -0.2) is 4.98 Å². The van der Waals surface area contributed by atoms with Gasteiger partial charge < -0.3 is 15.1 Å². The quantitative estimate of drug-likeness (QED) is 0.294. The maximum absolute atomic E-state index is 14.2. The number of piperazine rings is 1. The molecule has 4 aromatic rings. The monoisotopic (exact) mass is 556 g/mol. The maximum Gasteiger partial charge on any atom is 0.260 e. The number of rotatable bonds is 5. The Morgan fingerprint density at radius 2 is 1.68 bits per heavy atom. The number of nitrogens with zero attached hydrogens (tertiary/aromatic N) is 5. The molecule has 1 aliphatic carbocycles. The number of likely N-dealkylation sites (N-methyl/N-ethyl adjacent to an activating group) is 1. The van der Waals surface area contributed by atoms with Crippen LogP contribution in [0.25, 0.3) is 22.2 Å². The molecule has 0 bridgehead atoms.